The molecule has 1 N–H and O–H groups in total. The van der Waals surface area contributed by atoms with Crippen LogP contribution in [0.1, 0.15) is 26.4 Å². The smallest absolute Gasteiger partial charge is 0.258 e. The number of thiophene rings is 2. The lowest BCUT2D eigenvalue weighted by atomic mass is 10.0. The zero-order chi connectivity index (χ0) is 23.9. The van der Waals surface area contributed by atoms with Crippen molar-refractivity contribution in [1.82, 2.24) is 9.88 Å². The van der Waals surface area contributed by atoms with Gasteiger partial charge in [0.1, 0.15) is 14.3 Å². The summed E-state index contributed by atoms with van der Waals surface area (Å²) in [6.45, 7) is 2.70. The minimum atomic E-state index is -0.250. The number of carbonyl (C=O) groups is 1. The molecule has 0 aliphatic carbocycles. The number of rotatable bonds is 5. The first-order chi connectivity index (χ1) is 17.0. The van der Waals surface area contributed by atoms with Gasteiger partial charge in [0.05, 0.1) is 20.1 Å². The highest BCUT2D eigenvalue weighted by molar-refractivity contribution is 7.23. The largest absolute Gasteiger partial charge is 0.313 e. The van der Waals surface area contributed by atoms with Crippen molar-refractivity contribution in [3.8, 4) is 10.6 Å². The van der Waals surface area contributed by atoms with Gasteiger partial charge in [-0.15, -0.1) is 46.4 Å². The second-order valence-electron chi connectivity index (χ2n) is 8.33. The molecule has 1 amide bonds. The second kappa shape index (κ2) is 10.8. The topological polar surface area (TPSA) is 45.2 Å². The molecule has 0 radical (unpaired) electrons. The Bertz CT molecular complexity index is 1510. The molecule has 36 heavy (non-hydrogen) atoms. The Morgan fingerprint density at radius 2 is 1.81 bits per heavy atom. The highest BCUT2D eigenvalue weighted by Crippen LogP contribution is 2.46. The van der Waals surface area contributed by atoms with Crippen molar-refractivity contribution in [1.29, 1.82) is 0 Å². The molecule has 2 aromatic carbocycles. The number of para-hydroxylation sites is 1. The number of anilines is 1. The Morgan fingerprint density at radius 1 is 1.03 bits per heavy atom. The van der Waals surface area contributed by atoms with Crippen LogP contribution in [0.2, 0.25) is 8.67 Å². The van der Waals surface area contributed by atoms with Gasteiger partial charge >= 0.3 is 0 Å². The fourth-order valence-corrected chi connectivity index (χ4v) is 8.25. The maximum atomic E-state index is 13.2. The van der Waals surface area contributed by atoms with Gasteiger partial charge in [-0.25, -0.2) is 4.98 Å². The lowest BCUT2D eigenvalue weighted by molar-refractivity contribution is 0.102. The van der Waals surface area contributed by atoms with Crippen molar-refractivity contribution in [3.63, 3.8) is 0 Å². The van der Waals surface area contributed by atoms with E-state index in [-0.39, 0.29) is 18.3 Å². The first-order valence-corrected chi connectivity index (χ1v) is 14.3. The minimum Gasteiger partial charge on any atom is -0.313 e. The first-order valence-electron chi connectivity index (χ1n) is 11.1. The van der Waals surface area contributed by atoms with Gasteiger partial charge in [-0.05, 0) is 35.7 Å². The van der Waals surface area contributed by atoms with Gasteiger partial charge < -0.3 is 5.32 Å². The molecule has 0 atom stereocenters. The summed E-state index contributed by atoms with van der Waals surface area (Å²) in [5.41, 5.74) is 4.99. The molecule has 1 aliphatic rings. The Kier molecular flexibility index (Phi) is 7.70. The van der Waals surface area contributed by atoms with Crippen molar-refractivity contribution in [2.45, 2.75) is 19.5 Å². The number of carbonyl (C=O) groups excluding carboxylic acids is 1. The second-order valence-corrected chi connectivity index (χ2v) is 12.8. The number of thiazole rings is 1. The number of benzene rings is 2. The molecule has 10 heteroatoms. The summed E-state index contributed by atoms with van der Waals surface area (Å²) in [6.07, 6.45) is 0.908. The van der Waals surface area contributed by atoms with Gasteiger partial charge in [0.2, 0.25) is 0 Å². The van der Waals surface area contributed by atoms with Crippen molar-refractivity contribution >= 4 is 90.7 Å². The van der Waals surface area contributed by atoms with Crippen LogP contribution in [0.5, 0.6) is 0 Å². The lowest BCUT2D eigenvalue weighted by Crippen LogP contribution is -2.29. The third kappa shape index (κ3) is 5.07. The molecule has 3 aromatic heterocycles. The van der Waals surface area contributed by atoms with E-state index in [1.165, 1.54) is 27.3 Å². The Hall–Kier alpha value is -1.97. The van der Waals surface area contributed by atoms with Gasteiger partial charge in [0, 0.05) is 30.1 Å². The van der Waals surface area contributed by atoms with E-state index in [2.05, 4.69) is 40.5 Å². The number of halogens is 3. The predicted octanol–water partition coefficient (Wildman–Crippen LogP) is 8.63. The minimum absolute atomic E-state index is 0. The summed E-state index contributed by atoms with van der Waals surface area (Å²) in [4.78, 5) is 21.8. The van der Waals surface area contributed by atoms with Crippen LogP contribution in [-0.2, 0) is 19.5 Å². The maximum absolute atomic E-state index is 13.2. The van der Waals surface area contributed by atoms with Gasteiger partial charge in [-0.3, -0.25) is 9.69 Å². The normalized spacial score (nSPS) is 13.4. The van der Waals surface area contributed by atoms with Crippen LogP contribution >= 0.6 is 69.6 Å². The van der Waals surface area contributed by atoms with E-state index in [9.17, 15) is 4.79 Å². The Labute approximate surface area is 236 Å². The Morgan fingerprint density at radius 3 is 2.56 bits per heavy atom. The molecule has 0 saturated carbocycles. The molecule has 5 aromatic rings. The van der Waals surface area contributed by atoms with Crippen LogP contribution in [0.3, 0.4) is 0 Å². The average molecular weight is 593 g/mol. The number of amides is 1. The monoisotopic (exact) mass is 591 g/mol. The number of aromatic nitrogens is 1. The molecule has 4 heterocycles. The number of fused-ring (bicyclic) bond motifs is 2. The fourth-order valence-electron chi connectivity index (χ4n) is 4.39. The van der Waals surface area contributed by atoms with Crippen molar-refractivity contribution in [3.05, 3.63) is 90.9 Å². The number of nitrogens with zero attached hydrogens (tertiary/aromatic N) is 2. The average Bonchev–Trinajstić information content (AvgIpc) is 3.53. The van der Waals surface area contributed by atoms with E-state index in [1.54, 1.807) is 28.7 Å². The zero-order valence-corrected chi connectivity index (χ0v) is 23.6. The van der Waals surface area contributed by atoms with Crippen molar-refractivity contribution in [2.24, 2.45) is 0 Å². The maximum Gasteiger partial charge on any atom is 0.258 e. The van der Waals surface area contributed by atoms with Crippen LogP contribution < -0.4 is 5.32 Å². The molecule has 1 aliphatic heterocycles. The van der Waals surface area contributed by atoms with Crippen LogP contribution in [0, 0.1) is 0 Å². The van der Waals surface area contributed by atoms with E-state index in [0.29, 0.717) is 14.2 Å². The molecule has 0 fully saturated rings. The molecule has 0 spiro atoms. The van der Waals surface area contributed by atoms with Gasteiger partial charge in [0.25, 0.3) is 5.91 Å². The van der Waals surface area contributed by atoms with Crippen LogP contribution in [0.25, 0.3) is 20.8 Å². The van der Waals surface area contributed by atoms with Crippen molar-refractivity contribution < 1.29 is 4.79 Å². The fraction of sp³-hybridized carbons (Fsp3) is 0.154. The molecule has 0 saturated heterocycles. The molecule has 4 nitrogen and oxygen atoms in total. The summed E-state index contributed by atoms with van der Waals surface area (Å²) in [7, 11) is 0. The standard InChI is InChI=1S/C26H19Cl2N3OS3.ClH/c27-21-12-17(23(28)35-21)24(32)30-26-22(25-29-18-8-4-5-9-19(18)33-25)16-10-11-31(14-20(16)34-26)13-15-6-2-1-3-7-15;/h1-9,12H,10-11,13-14H2,(H,30,32);1H. The SMILES string of the molecule is Cl.O=C(Nc1sc2c(c1-c1nc3ccccc3s1)CCN(Cc1ccccc1)C2)c1cc(Cl)sc1Cl. The summed E-state index contributed by atoms with van der Waals surface area (Å²) in [6, 6.07) is 20.3. The van der Waals surface area contributed by atoms with Gasteiger partial charge in [-0.2, -0.15) is 0 Å². The van der Waals surface area contributed by atoms with E-state index in [4.69, 9.17) is 28.2 Å². The quantitative estimate of drug-likeness (QED) is 0.222. The molecule has 0 unspecified atom stereocenters. The molecule has 184 valence electrons. The van der Waals surface area contributed by atoms with Crippen LogP contribution in [-0.4, -0.2) is 22.3 Å². The predicted molar refractivity (Wildman–Crippen MR) is 157 cm³/mol. The summed E-state index contributed by atoms with van der Waals surface area (Å²) in [5, 5.41) is 4.89. The van der Waals surface area contributed by atoms with E-state index in [0.717, 1.165) is 51.8 Å². The molecule has 0 bridgehead atoms. The highest BCUT2D eigenvalue weighted by atomic mass is 35.5. The lowest BCUT2D eigenvalue weighted by Gasteiger charge is -2.27. The molecule has 6 rings (SSSR count). The van der Waals surface area contributed by atoms with Gasteiger partial charge in [-0.1, -0.05) is 65.7 Å². The van der Waals surface area contributed by atoms with E-state index < -0.39 is 0 Å². The van der Waals surface area contributed by atoms with E-state index >= 15 is 0 Å². The third-order valence-corrected chi connectivity index (χ3v) is 9.69. The van der Waals surface area contributed by atoms with Crippen molar-refractivity contribution in [2.75, 3.05) is 11.9 Å². The zero-order valence-electron chi connectivity index (χ0n) is 18.8. The van der Waals surface area contributed by atoms with Gasteiger partial charge in [0.15, 0.2) is 0 Å². The number of hydrogen-bond acceptors (Lipinski definition) is 6. The first kappa shape index (κ1) is 25.7. The number of nitrogens with one attached hydrogen (secondary N) is 1. The van der Waals surface area contributed by atoms with Crippen LogP contribution in [0.15, 0.2) is 60.7 Å². The summed E-state index contributed by atoms with van der Waals surface area (Å²) in [5.74, 6) is -0.250. The van der Waals surface area contributed by atoms with E-state index in [1.807, 2.05) is 24.3 Å². The summed E-state index contributed by atoms with van der Waals surface area (Å²) < 4.78 is 2.02. The number of hydrogen-bond donors (Lipinski definition) is 1. The van der Waals surface area contributed by atoms with Crippen LogP contribution in [0.4, 0.5) is 5.00 Å². The Balaban J connectivity index is 0.00000267. The molecular weight excluding hydrogens is 573 g/mol. The molecular formula is C26H20Cl3N3OS3. The third-order valence-electron chi connectivity index (χ3n) is 6.02. The summed E-state index contributed by atoms with van der Waals surface area (Å²) >= 11 is 16.9. The highest BCUT2D eigenvalue weighted by Gasteiger charge is 2.28.